The fraction of sp³-hybridized carbons (Fsp3) is 0.269. The first-order chi connectivity index (χ1) is 15.6. The highest BCUT2D eigenvalue weighted by molar-refractivity contribution is 6.35. The van der Waals surface area contributed by atoms with Gasteiger partial charge in [0.05, 0.1) is 23.5 Å². The quantitative estimate of drug-likeness (QED) is 0.486. The van der Waals surface area contributed by atoms with Gasteiger partial charge in [-0.2, -0.15) is 5.26 Å². The van der Waals surface area contributed by atoms with Crippen molar-refractivity contribution in [2.75, 3.05) is 10.2 Å². The molecule has 1 atom stereocenters. The highest BCUT2D eigenvalue weighted by Crippen LogP contribution is 2.49. The van der Waals surface area contributed by atoms with E-state index in [1.165, 1.54) is 13.0 Å². The Labute approximate surface area is 203 Å². The molecule has 0 bridgehead atoms. The third kappa shape index (κ3) is 4.42. The number of fused-ring (bicyclic) bond motifs is 1. The van der Waals surface area contributed by atoms with Crippen molar-refractivity contribution in [2.24, 2.45) is 5.41 Å². The highest BCUT2D eigenvalue weighted by Gasteiger charge is 2.43. The van der Waals surface area contributed by atoms with E-state index in [4.69, 9.17) is 28.5 Å². The van der Waals surface area contributed by atoms with Gasteiger partial charge in [-0.1, -0.05) is 49.2 Å². The Morgan fingerprint density at radius 3 is 2.64 bits per heavy atom. The van der Waals surface area contributed by atoms with E-state index in [1.807, 2.05) is 24.3 Å². The molecule has 168 valence electrons. The van der Waals surface area contributed by atoms with E-state index in [-0.39, 0.29) is 17.1 Å². The minimum atomic E-state index is -0.694. The molecule has 33 heavy (non-hydrogen) atoms. The zero-order valence-electron chi connectivity index (χ0n) is 18.6. The number of Topliss-reactive ketones (excluding diaryl/α,β-unsaturated/α-hetero) is 1. The Kier molecular flexibility index (Phi) is 6.09. The van der Waals surface area contributed by atoms with Gasteiger partial charge in [-0.3, -0.25) is 14.5 Å². The van der Waals surface area contributed by atoms with Gasteiger partial charge in [0.2, 0.25) is 5.91 Å². The molecule has 1 amide bonds. The number of halogens is 2. The average molecular weight is 480 g/mol. The fourth-order valence-electron chi connectivity index (χ4n) is 4.66. The van der Waals surface area contributed by atoms with Crippen LogP contribution in [-0.4, -0.2) is 11.7 Å². The van der Waals surface area contributed by atoms with Crippen molar-refractivity contribution in [3.05, 3.63) is 74.9 Å². The number of nitriles is 1. The summed E-state index contributed by atoms with van der Waals surface area (Å²) in [5.41, 5.74) is 3.85. The molecule has 1 aliphatic carbocycles. The Morgan fingerprint density at radius 2 is 1.97 bits per heavy atom. The van der Waals surface area contributed by atoms with Crippen LogP contribution in [0, 0.1) is 16.7 Å². The number of hydrogen-bond acceptors (Lipinski definition) is 4. The molecule has 1 heterocycles. The van der Waals surface area contributed by atoms with E-state index in [0.29, 0.717) is 45.4 Å². The van der Waals surface area contributed by atoms with Crippen molar-refractivity contribution in [1.82, 2.24) is 0 Å². The molecule has 0 saturated heterocycles. The summed E-state index contributed by atoms with van der Waals surface area (Å²) in [5, 5.41) is 13.2. The first-order valence-corrected chi connectivity index (χ1v) is 11.3. The molecule has 1 N–H and O–H groups in total. The Hall–Kier alpha value is -3.07. The summed E-state index contributed by atoms with van der Waals surface area (Å²) in [6, 6.07) is 12.0. The van der Waals surface area contributed by atoms with Crippen LogP contribution in [0.25, 0.3) is 6.08 Å². The Morgan fingerprint density at radius 1 is 1.21 bits per heavy atom. The van der Waals surface area contributed by atoms with Crippen LogP contribution in [0.15, 0.2) is 53.7 Å². The summed E-state index contributed by atoms with van der Waals surface area (Å²) in [4.78, 5) is 28.2. The summed E-state index contributed by atoms with van der Waals surface area (Å²) in [5.74, 6) is -0.241. The summed E-state index contributed by atoms with van der Waals surface area (Å²) in [7, 11) is 0. The first kappa shape index (κ1) is 23.1. The Bertz CT molecular complexity index is 1270. The number of amides is 1. The van der Waals surface area contributed by atoms with Crippen LogP contribution in [0.2, 0.25) is 10.0 Å². The second-order valence-corrected chi connectivity index (χ2v) is 10.00. The molecule has 5 nitrogen and oxygen atoms in total. The maximum absolute atomic E-state index is 13.5. The number of rotatable bonds is 2. The number of hydrogen-bond donors (Lipinski definition) is 1. The van der Waals surface area contributed by atoms with Gasteiger partial charge in [0.1, 0.15) is 0 Å². The van der Waals surface area contributed by atoms with E-state index in [2.05, 4.69) is 19.2 Å². The maximum atomic E-state index is 13.5. The van der Waals surface area contributed by atoms with E-state index in [0.717, 1.165) is 11.3 Å². The van der Waals surface area contributed by atoms with Crippen LogP contribution in [0.4, 0.5) is 11.4 Å². The molecule has 7 heteroatoms. The summed E-state index contributed by atoms with van der Waals surface area (Å²) in [6.45, 7) is 5.59. The maximum Gasteiger partial charge on any atom is 0.224 e. The lowest BCUT2D eigenvalue weighted by atomic mass is 9.73. The predicted molar refractivity (Wildman–Crippen MR) is 132 cm³/mol. The van der Waals surface area contributed by atoms with Crippen molar-refractivity contribution in [3.8, 4) is 6.07 Å². The fourth-order valence-corrected chi connectivity index (χ4v) is 5.18. The van der Waals surface area contributed by atoms with Crippen LogP contribution in [-0.2, 0) is 9.59 Å². The monoisotopic (exact) mass is 479 g/mol. The van der Waals surface area contributed by atoms with Crippen LogP contribution < -0.4 is 10.2 Å². The van der Waals surface area contributed by atoms with Gasteiger partial charge >= 0.3 is 0 Å². The molecule has 0 spiro atoms. The lowest BCUT2D eigenvalue weighted by Crippen LogP contribution is -2.38. The molecule has 0 aromatic heterocycles. The number of carbonyl (C=O) groups is 2. The van der Waals surface area contributed by atoms with Crippen molar-refractivity contribution in [2.45, 2.75) is 39.7 Å². The number of ketones is 1. The van der Waals surface area contributed by atoms with E-state index >= 15 is 0 Å². The van der Waals surface area contributed by atoms with Crippen LogP contribution >= 0.6 is 23.2 Å². The van der Waals surface area contributed by atoms with E-state index < -0.39 is 6.04 Å². The van der Waals surface area contributed by atoms with Crippen LogP contribution in [0.1, 0.15) is 50.8 Å². The SMILES string of the molecule is CC(=O)N1c2ccc(/C=C/C#N)cc2NC2=C(C(=O)CC(C)(C)C2)C1c1ccc(Cl)cc1Cl. The smallest absolute Gasteiger partial charge is 0.224 e. The van der Waals surface area contributed by atoms with Gasteiger partial charge in [-0.15, -0.1) is 0 Å². The molecule has 2 aromatic rings. The van der Waals surface area contributed by atoms with Crippen LogP contribution in [0.5, 0.6) is 0 Å². The average Bonchev–Trinajstić information content (AvgIpc) is 2.85. The van der Waals surface area contributed by atoms with Crippen molar-refractivity contribution >= 4 is 52.3 Å². The van der Waals surface area contributed by atoms with E-state index in [9.17, 15) is 9.59 Å². The topological polar surface area (TPSA) is 73.2 Å². The standard InChI is InChI=1S/C26H23Cl2N3O2/c1-15(32)31-22-9-6-16(5-4-10-29)11-20(22)30-21-13-26(2,3)14-23(33)24(21)25(31)18-8-7-17(27)12-19(18)28/h4-9,11-12,25,30H,13-14H2,1-3H3/b5-4+. The lowest BCUT2D eigenvalue weighted by molar-refractivity contribution is -0.118. The summed E-state index contributed by atoms with van der Waals surface area (Å²) in [6.07, 6.45) is 4.10. The van der Waals surface area contributed by atoms with Crippen LogP contribution in [0.3, 0.4) is 0 Å². The second kappa shape index (κ2) is 8.70. The second-order valence-electron chi connectivity index (χ2n) is 9.15. The van der Waals surface area contributed by atoms with Crippen molar-refractivity contribution < 1.29 is 9.59 Å². The molecule has 0 saturated carbocycles. The lowest BCUT2D eigenvalue weighted by Gasteiger charge is -2.37. The normalized spacial score (nSPS) is 19.5. The zero-order valence-corrected chi connectivity index (χ0v) is 20.1. The Balaban J connectivity index is 2.02. The molecule has 2 aliphatic rings. The largest absolute Gasteiger partial charge is 0.357 e. The van der Waals surface area contributed by atoms with Gasteiger partial charge in [0.25, 0.3) is 0 Å². The molecule has 2 aromatic carbocycles. The van der Waals surface area contributed by atoms with Gasteiger partial charge in [-0.25, -0.2) is 0 Å². The third-order valence-electron chi connectivity index (χ3n) is 5.96. The number of nitrogens with one attached hydrogen (secondary N) is 1. The number of anilines is 2. The van der Waals surface area contributed by atoms with Gasteiger partial charge in [-0.05, 0) is 53.3 Å². The number of carbonyl (C=O) groups excluding carboxylic acids is 2. The minimum absolute atomic E-state index is 0.0200. The number of benzene rings is 2. The van der Waals surface area contributed by atoms with Gasteiger partial charge < -0.3 is 5.32 Å². The van der Waals surface area contributed by atoms with Crippen molar-refractivity contribution in [1.29, 1.82) is 5.26 Å². The minimum Gasteiger partial charge on any atom is -0.357 e. The molecule has 0 fully saturated rings. The van der Waals surface area contributed by atoms with Gasteiger partial charge in [0.15, 0.2) is 5.78 Å². The molecule has 1 unspecified atom stereocenters. The summed E-state index contributed by atoms with van der Waals surface area (Å²) < 4.78 is 0. The van der Waals surface area contributed by atoms with E-state index in [1.54, 1.807) is 29.2 Å². The first-order valence-electron chi connectivity index (χ1n) is 10.6. The molecule has 4 rings (SSSR count). The number of allylic oxidation sites excluding steroid dienone is 2. The summed E-state index contributed by atoms with van der Waals surface area (Å²) >= 11 is 12.8. The molecule has 0 radical (unpaired) electrons. The molecular weight excluding hydrogens is 457 g/mol. The highest BCUT2D eigenvalue weighted by atomic mass is 35.5. The van der Waals surface area contributed by atoms with Gasteiger partial charge in [0, 0.05) is 40.7 Å². The number of nitrogens with zero attached hydrogens (tertiary/aromatic N) is 2. The molecular formula is C26H23Cl2N3O2. The van der Waals surface area contributed by atoms with Crippen molar-refractivity contribution in [3.63, 3.8) is 0 Å². The molecule has 1 aliphatic heterocycles. The third-order valence-corrected chi connectivity index (χ3v) is 6.53. The predicted octanol–water partition coefficient (Wildman–Crippen LogP) is 6.69. The zero-order chi connectivity index (χ0) is 23.9.